The molecular weight excluding hydrogens is 447 g/mol. The van der Waals surface area contributed by atoms with Crippen molar-refractivity contribution in [3.05, 3.63) is 66.9 Å². The summed E-state index contributed by atoms with van der Waals surface area (Å²) in [6.07, 6.45) is 3.57. The number of nitro benzene ring substituents is 1. The Labute approximate surface area is 186 Å². The fourth-order valence-corrected chi connectivity index (χ4v) is 4.03. The molecule has 1 N–H and O–H groups in total. The zero-order valence-electron chi connectivity index (χ0n) is 15.6. The van der Waals surface area contributed by atoms with E-state index in [2.05, 4.69) is 15.3 Å². The molecule has 0 amide bonds. The highest BCUT2D eigenvalue weighted by Crippen LogP contribution is 2.32. The number of H-pyrrole nitrogens is 1. The lowest BCUT2D eigenvalue weighted by atomic mass is 10.1. The highest BCUT2D eigenvalue weighted by Gasteiger charge is 2.22. The molecule has 0 atom stereocenters. The minimum absolute atomic E-state index is 0.0533. The van der Waals surface area contributed by atoms with E-state index in [9.17, 15) is 10.1 Å². The molecule has 1 fully saturated rings. The average Bonchev–Trinajstić information content (AvgIpc) is 3.36. The number of nitrogens with one attached hydrogen (secondary N) is 1. The monoisotopic (exact) mass is 462 g/mol. The maximum atomic E-state index is 11.6. The molecule has 3 aromatic rings. The van der Waals surface area contributed by atoms with E-state index in [-0.39, 0.29) is 15.4 Å². The van der Waals surface area contributed by atoms with Gasteiger partial charge in [0.25, 0.3) is 5.69 Å². The van der Waals surface area contributed by atoms with Crippen LogP contribution < -0.4 is 4.90 Å². The molecule has 11 heteroatoms. The number of hydrogen-bond acceptors (Lipinski definition) is 6. The van der Waals surface area contributed by atoms with Gasteiger partial charge in [-0.1, -0.05) is 29.3 Å². The van der Waals surface area contributed by atoms with Crippen molar-refractivity contribution in [3.8, 4) is 11.4 Å². The van der Waals surface area contributed by atoms with Crippen LogP contribution in [-0.4, -0.2) is 39.1 Å². The average molecular weight is 463 g/mol. The first-order valence-electron chi connectivity index (χ1n) is 9.14. The van der Waals surface area contributed by atoms with Crippen LogP contribution in [0, 0.1) is 14.9 Å². The van der Waals surface area contributed by atoms with Crippen LogP contribution in [0.5, 0.6) is 0 Å². The van der Waals surface area contributed by atoms with Crippen LogP contribution in [0.2, 0.25) is 10.0 Å². The second-order valence-electron chi connectivity index (χ2n) is 6.73. The standard InChI is InChI=1S/C19H16Cl2N6O2S/c20-13-4-5-14(15(21)10-13)18-23-24-19(30)26(18)22-11-12-3-6-16(17(9-12)27(28)29)25-7-1-2-8-25/h3-6,9-11H,1-2,7-8H2,(H,24,30). The van der Waals surface area contributed by atoms with E-state index in [0.29, 0.717) is 32.7 Å². The number of nitro groups is 1. The van der Waals surface area contributed by atoms with Gasteiger partial charge in [-0.25, -0.2) is 5.10 Å². The van der Waals surface area contributed by atoms with E-state index >= 15 is 0 Å². The van der Waals surface area contributed by atoms with Gasteiger partial charge in [-0.15, -0.1) is 0 Å². The van der Waals surface area contributed by atoms with Crippen LogP contribution in [0.4, 0.5) is 11.4 Å². The Balaban J connectivity index is 1.69. The fourth-order valence-electron chi connectivity index (χ4n) is 3.36. The Kier molecular flexibility index (Phi) is 5.85. The second kappa shape index (κ2) is 8.55. The third kappa shape index (κ3) is 4.09. The lowest BCUT2D eigenvalue weighted by Gasteiger charge is -2.17. The molecule has 0 spiro atoms. The van der Waals surface area contributed by atoms with Gasteiger partial charge in [0.2, 0.25) is 4.77 Å². The van der Waals surface area contributed by atoms with Crippen molar-refractivity contribution in [2.24, 2.45) is 5.10 Å². The smallest absolute Gasteiger partial charge is 0.293 e. The number of aromatic amines is 1. The van der Waals surface area contributed by atoms with Gasteiger partial charge in [0.15, 0.2) is 5.82 Å². The zero-order chi connectivity index (χ0) is 21.3. The molecule has 0 unspecified atom stereocenters. The molecule has 8 nitrogen and oxygen atoms in total. The van der Waals surface area contributed by atoms with Crippen molar-refractivity contribution in [3.63, 3.8) is 0 Å². The van der Waals surface area contributed by atoms with Gasteiger partial charge in [0.1, 0.15) is 5.69 Å². The van der Waals surface area contributed by atoms with Gasteiger partial charge in [0, 0.05) is 35.3 Å². The molecule has 0 bridgehead atoms. The van der Waals surface area contributed by atoms with Crippen LogP contribution in [-0.2, 0) is 0 Å². The van der Waals surface area contributed by atoms with Gasteiger partial charge < -0.3 is 4.90 Å². The predicted octanol–water partition coefficient (Wildman–Crippen LogP) is 5.31. The van der Waals surface area contributed by atoms with E-state index < -0.39 is 0 Å². The molecule has 4 rings (SSSR count). The van der Waals surface area contributed by atoms with Crippen LogP contribution in [0.1, 0.15) is 18.4 Å². The molecule has 30 heavy (non-hydrogen) atoms. The molecule has 2 aromatic carbocycles. The summed E-state index contributed by atoms with van der Waals surface area (Å²) in [6.45, 7) is 1.65. The first kappa shape index (κ1) is 20.5. The summed E-state index contributed by atoms with van der Waals surface area (Å²) in [5.74, 6) is 0.404. The SMILES string of the molecule is O=[N+]([O-])c1cc(C=Nn2c(-c3ccc(Cl)cc3Cl)n[nH]c2=S)ccc1N1CCCC1. The first-order chi connectivity index (χ1) is 14.4. The molecule has 0 radical (unpaired) electrons. The molecule has 1 aromatic heterocycles. The minimum Gasteiger partial charge on any atom is -0.366 e. The van der Waals surface area contributed by atoms with E-state index in [1.807, 2.05) is 4.90 Å². The highest BCUT2D eigenvalue weighted by molar-refractivity contribution is 7.71. The van der Waals surface area contributed by atoms with E-state index in [1.165, 1.54) is 17.0 Å². The molecule has 1 aliphatic rings. The number of halogens is 2. The number of hydrogen-bond donors (Lipinski definition) is 1. The zero-order valence-corrected chi connectivity index (χ0v) is 17.9. The summed E-state index contributed by atoms with van der Waals surface area (Å²) >= 11 is 17.5. The van der Waals surface area contributed by atoms with Crippen molar-refractivity contribution in [1.29, 1.82) is 0 Å². The summed E-state index contributed by atoms with van der Waals surface area (Å²) in [5, 5.41) is 23.7. The van der Waals surface area contributed by atoms with E-state index in [0.717, 1.165) is 25.9 Å². The number of nitrogens with zero attached hydrogens (tertiary/aromatic N) is 5. The van der Waals surface area contributed by atoms with Crippen LogP contribution in [0.25, 0.3) is 11.4 Å². The Bertz CT molecular complexity index is 1200. The lowest BCUT2D eigenvalue weighted by Crippen LogP contribution is -2.19. The normalized spacial score (nSPS) is 14.0. The number of rotatable bonds is 5. The molecule has 0 aliphatic carbocycles. The molecule has 154 valence electrons. The van der Waals surface area contributed by atoms with Crippen LogP contribution in [0.15, 0.2) is 41.5 Å². The minimum atomic E-state index is -0.368. The molecule has 1 aliphatic heterocycles. The van der Waals surface area contributed by atoms with Crippen LogP contribution in [0.3, 0.4) is 0 Å². The van der Waals surface area contributed by atoms with Gasteiger partial charge in [-0.05, 0) is 49.3 Å². The van der Waals surface area contributed by atoms with E-state index in [1.54, 1.807) is 30.3 Å². The largest absolute Gasteiger partial charge is 0.366 e. The van der Waals surface area contributed by atoms with Gasteiger partial charge in [-0.2, -0.15) is 14.9 Å². The topological polar surface area (TPSA) is 92.3 Å². The molecular formula is C19H16Cl2N6O2S. The summed E-state index contributed by atoms with van der Waals surface area (Å²) < 4.78 is 1.67. The maximum Gasteiger partial charge on any atom is 0.293 e. The summed E-state index contributed by atoms with van der Waals surface area (Å²) in [6, 6.07) is 10.1. The van der Waals surface area contributed by atoms with Crippen molar-refractivity contribution in [1.82, 2.24) is 14.9 Å². The quantitative estimate of drug-likeness (QED) is 0.240. The van der Waals surface area contributed by atoms with Crippen molar-refractivity contribution < 1.29 is 4.92 Å². The maximum absolute atomic E-state index is 11.6. The van der Waals surface area contributed by atoms with Crippen LogP contribution >= 0.6 is 35.4 Å². The number of aromatic nitrogens is 3. The molecule has 0 saturated carbocycles. The van der Waals surface area contributed by atoms with Crippen molar-refractivity contribution in [2.45, 2.75) is 12.8 Å². The number of anilines is 1. The van der Waals surface area contributed by atoms with Gasteiger partial charge >= 0.3 is 0 Å². The summed E-state index contributed by atoms with van der Waals surface area (Å²) in [7, 11) is 0. The summed E-state index contributed by atoms with van der Waals surface area (Å²) in [5.41, 5.74) is 1.85. The first-order valence-corrected chi connectivity index (χ1v) is 10.3. The Morgan fingerprint density at radius 2 is 1.97 bits per heavy atom. The van der Waals surface area contributed by atoms with Crippen molar-refractivity contribution >= 4 is 53.0 Å². The Hall–Kier alpha value is -2.75. The molecule has 2 heterocycles. The third-order valence-electron chi connectivity index (χ3n) is 4.79. The molecule has 1 saturated heterocycles. The predicted molar refractivity (Wildman–Crippen MR) is 120 cm³/mol. The third-order valence-corrected chi connectivity index (χ3v) is 5.60. The second-order valence-corrected chi connectivity index (χ2v) is 7.96. The fraction of sp³-hybridized carbons (Fsp3) is 0.211. The number of benzene rings is 2. The van der Waals surface area contributed by atoms with Gasteiger partial charge in [0.05, 0.1) is 16.2 Å². The Morgan fingerprint density at radius 3 is 2.67 bits per heavy atom. The lowest BCUT2D eigenvalue weighted by molar-refractivity contribution is -0.384. The van der Waals surface area contributed by atoms with Crippen molar-refractivity contribution in [2.75, 3.05) is 18.0 Å². The van der Waals surface area contributed by atoms with E-state index in [4.69, 9.17) is 35.4 Å². The highest BCUT2D eigenvalue weighted by atomic mass is 35.5. The van der Waals surface area contributed by atoms with Gasteiger partial charge in [-0.3, -0.25) is 10.1 Å². The Morgan fingerprint density at radius 1 is 1.20 bits per heavy atom. The summed E-state index contributed by atoms with van der Waals surface area (Å²) in [4.78, 5) is 13.3.